The summed E-state index contributed by atoms with van der Waals surface area (Å²) in [5.74, 6) is 1.76. The van der Waals surface area contributed by atoms with E-state index in [9.17, 15) is 0 Å². The normalized spacial score (nSPS) is 19.2. The maximum Gasteiger partial charge on any atom is 0.243 e. The maximum absolute atomic E-state index is 5.95. The molecule has 1 saturated carbocycles. The predicted octanol–water partition coefficient (Wildman–Crippen LogP) is 2.36. The third-order valence-corrected chi connectivity index (χ3v) is 3.03. The molecule has 0 aromatic carbocycles. The van der Waals surface area contributed by atoms with Gasteiger partial charge in [0.05, 0.1) is 6.04 Å². The summed E-state index contributed by atoms with van der Waals surface area (Å²) in [6.45, 7) is 4.75. The summed E-state index contributed by atoms with van der Waals surface area (Å²) in [5.41, 5.74) is 5.95. The molecule has 1 aromatic heterocycles. The first-order chi connectivity index (χ1) is 8.26. The van der Waals surface area contributed by atoms with Crippen molar-refractivity contribution in [3.05, 3.63) is 11.7 Å². The van der Waals surface area contributed by atoms with Gasteiger partial charge in [-0.05, 0) is 32.1 Å². The summed E-state index contributed by atoms with van der Waals surface area (Å²) >= 11 is 0. The van der Waals surface area contributed by atoms with Crippen molar-refractivity contribution in [1.29, 1.82) is 0 Å². The molecule has 96 valence electrons. The van der Waals surface area contributed by atoms with E-state index >= 15 is 0 Å². The summed E-state index contributed by atoms with van der Waals surface area (Å²) in [5, 5.41) is 4.01. The van der Waals surface area contributed by atoms with Gasteiger partial charge in [0.1, 0.15) is 6.10 Å². The van der Waals surface area contributed by atoms with Gasteiger partial charge in [-0.2, -0.15) is 4.98 Å². The van der Waals surface area contributed by atoms with Crippen molar-refractivity contribution in [2.75, 3.05) is 6.61 Å². The van der Waals surface area contributed by atoms with E-state index in [1.807, 2.05) is 6.92 Å². The highest BCUT2D eigenvalue weighted by atomic mass is 16.5. The molecule has 1 aliphatic carbocycles. The topological polar surface area (TPSA) is 74.2 Å². The standard InChI is InChI=1S/C12H21N3O2/c1-3-5-9(13)12-14-11(15-17-12)10(16-4-2)8-6-7-8/h8-10H,3-7,13H2,1-2H3/t9-,10?/m1/s1. The lowest BCUT2D eigenvalue weighted by Crippen LogP contribution is -2.12. The van der Waals surface area contributed by atoms with Gasteiger partial charge < -0.3 is 15.0 Å². The van der Waals surface area contributed by atoms with Crippen LogP contribution in [0.3, 0.4) is 0 Å². The Bertz CT molecular complexity index is 349. The van der Waals surface area contributed by atoms with Crippen LogP contribution in [0.5, 0.6) is 0 Å². The Labute approximate surface area is 102 Å². The molecule has 0 amide bonds. The van der Waals surface area contributed by atoms with Crippen LogP contribution in [0.15, 0.2) is 4.52 Å². The van der Waals surface area contributed by atoms with E-state index in [0.717, 1.165) is 12.8 Å². The minimum atomic E-state index is -0.150. The van der Waals surface area contributed by atoms with Crippen LogP contribution in [0.1, 0.15) is 63.4 Å². The van der Waals surface area contributed by atoms with Crippen LogP contribution in [0.25, 0.3) is 0 Å². The molecule has 0 radical (unpaired) electrons. The van der Waals surface area contributed by atoms with E-state index < -0.39 is 0 Å². The Morgan fingerprint density at radius 1 is 1.47 bits per heavy atom. The Morgan fingerprint density at radius 3 is 2.82 bits per heavy atom. The molecule has 5 heteroatoms. The number of ether oxygens (including phenoxy) is 1. The summed E-state index contributed by atoms with van der Waals surface area (Å²) in [4.78, 5) is 4.38. The summed E-state index contributed by atoms with van der Waals surface area (Å²) in [7, 11) is 0. The monoisotopic (exact) mass is 239 g/mol. The minimum Gasteiger partial charge on any atom is -0.370 e. The van der Waals surface area contributed by atoms with Gasteiger partial charge in [0.25, 0.3) is 0 Å². The zero-order chi connectivity index (χ0) is 12.3. The quantitative estimate of drug-likeness (QED) is 0.790. The van der Waals surface area contributed by atoms with Crippen molar-refractivity contribution >= 4 is 0 Å². The van der Waals surface area contributed by atoms with Gasteiger partial charge >= 0.3 is 0 Å². The minimum absolute atomic E-state index is 0.00803. The highest BCUT2D eigenvalue weighted by Gasteiger charge is 2.36. The van der Waals surface area contributed by atoms with Gasteiger partial charge in [0, 0.05) is 6.61 Å². The molecular weight excluding hydrogens is 218 g/mol. The summed E-state index contributed by atoms with van der Waals surface area (Å²) in [6, 6.07) is -0.150. The largest absolute Gasteiger partial charge is 0.370 e. The Kier molecular flexibility index (Phi) is 4.12. The number of hydrogen-bond donors (Lipinski definition) is 1. The van der Waals surface area contributed by atoms with E-state index in [-0.39, 0.29) is 12.1 Å². The molecule has 17 heavy (non-hydrogen) atoms. The van der Waals surface area contributed by atoms with Crippen LogP contribution in [-0.2, 0) is 4.74 Å². The number of nitrogens with zero attached hydrogens (tertiary/aromatic N) is 2. The van der Waals surface area contributed by atoms with Crippen molar-refractivity contribution in [3.8, 4) is 0 Å². The second-order valence-corrected chi connectivity index (χ2v) is 4.60. The van der Waals surface area contributed by atoms with Crippen LogP contribution in [-0.4, -0.2) is 16.7 Å². The van der Waals surface area contributed by atoms with Gasteiger partial charge in [-0.15, -0.1) is 0 Å². The molecule has 2 N–H and O–H groups in total. The fourth-order valence-electron chi connectivity index (χ4n) is 1.95. The van der Waals surface area contributed by atoms with Crippen LogP contribution < -0.4 is 5.73 Å². The van der Waals surface area contributed by atoms with Crippen LogP contribution in [0.4, 0.5) is 0 Å². The SMILES string of the molecule is CCC[C@@H](N)c1nc(C(OCC)C2CC2)no1. The maximum atomic E-state index is 5.95. The van der Waals surface area contributed by atoms with Crippen molar-refractivity contribution < 1.29 is 9.26 Å². The third kappa shape index (κ3) is 3.04. The zero-order valence-corrected chi connectivity index (χ0v) is 10.6. The summed E-state index contributed by atoms with van der Waals surface area (Å²) < 4.78 is 10.9. The highest BCUT2D eigenvalue weighted by Crippen LogP contribution is 2.42. The first kappa shape index (κ1) is 12.5. The zero-order valence-electron chi connectivity index (χ0n) is 10.6. The average molecular weight is 239 g/mol. The van der Waals surface area contributed by atoms with Crippen LogP contribution in [0, 0.1) is 5.92 Å². The lowest BCUT2D eigenvalue weighted by molar-refractivity contribution is 0.0384. The van der Waals surface area contributed by atoms with Gasteiger partial charge in [-0.1, -0.05) is 18.5 Å². The van der Waals surface area contributed by atoms with E-state index in [1.54, 1.807) is 0 Å². The van der Waals surface area contributed by atoms with Gasteiger partial charge in [0.15, 0.2) is 0 Å². The van der Waals surface area contributed by atoms with E-state index in [4.69, 9.17) is 15.0 Å². The van der Waals surface area contributed by atoms with E-state index in [0.29, 0.717) is 24.2 Å². The molecular formula is C12H21N3O2. The first-order valence-corrected chi connectivity index (χ1v) is 6.46. The molecule has 0 aliphatic heterocycles. The molecule has 0 spiro atoms. The molecule has 1 aromatic rings. The van der Waals surface area contributed by atoms with Crippen LogP contribution >= 0.6 is 0 Å². The van der Waals surface area contributed by atoms with Crippen molar-refractivity contribution in [1.82, 2.24) is 10.1 Å². The van der Waals surface area contributed by atoms with E-state index in [2.05, 4.69) is 17.1 Å². The van der Waals surface area contributed by atoms with Gasteiger partial charge in [0.2, 0.25) is 11.7 Å². The lowest BCUT2D eigenvalue weighted by atomic mass is 10.2. The molecule has 5 nitrogen and oxygen atoms in total. The molecule has 1 unspecified atom stereocenters. The molecule has 1 heterocycles. The molecule has 0 saturated heterocycles. The second kappa shape index (κ2) is 5.60. The number of aromatic nitrogens is 2. The summed E-state index contributed by atoms with van der Waals surface area (Å²) in [6.07, 6.45) is 4.25. The van der Waals surface area contributed by atoms with Gasteiger partial charge in [-0.25, -0.2) is 0 Å². The fourth-order valence-corrected chi connectivity index (χ4v) is 1.95. The van der Waals surface area contributed by atoms with E-state index in [1.165, 1.54) is 12.8 Å². The van der Waals surface area contributed by atoms with Crippen molar-refractivity contribution in [3.63, 3.8) is 0 Å². The molecule has 1 aliphatic rings. The number of nitrogens with two attached hydrogens (primary N) is 1. The highest BCUT2D eigenvalue weighted by molar-refractivity contribution is 5.00. The average Bonchev–Trinajstić information content (AvgIpc) is 3.03. The van der Waals surface area contributed by atoms with Crippen LogP contribution in [0.2, 0.25) is 0 Å². The first-order valence-electron chi connectivity index (χ1n) is 6.46. The molecule has 1 fully saturated rings. The lowest BCUT2D eigenvalue weighted by Gasteiger charge is -2.11. The number of rotatable bonds is 7. The molecule has 2 rings (SSSR count). The predicted molar refractivity (Wildman–Crippen MR) is 63.2 cm³/mol. The third-order valence-electron chi connectivity index (χ3n) is 3.03. The number of hydrogen-bond acceptors (Lipinski definition) is 5. The smallest absolute Gasteiger partial charge is 0.243 e. The van der Waals surface area contributed by atoms with Crippen molar-refractivity contribution in [2.24, 2.45) is 11.7 Å². The van der Waals surface area contributed by atoms with Gasteiger partial charge in [-0.3, -0.25) is 0 Å². The molecule has 0 bridgehead atoms. The fraction of sp³-hybridized carbons (Fsp3) is 0.833. The second-order valence-electron chi connectivity index (χ2n) is 4.60. The Morgan fingerprint density at radius 2 is 2.24 bits per heavy atom. The Hall–Kier alpha value is -0.940. The molecule has 2 atom stereocenters. The Balaban J connectivity index is 2.04. The van der Waals surface area contributed by atoms with Crippen molar-refractivity contribution in [2.45, 2.75) is 51.7 Å².